The van der Waals surface area contributed by atoms with E-state index in [0.717, 1.165) is 41.6 Å². The SMILES string of the molecule is CC.CC1CC1.Cc1ccncn1.Cc1nc(NC=O)cc(NCc2cn3cc(C4CC4)cc(N4CC5CC5C4=O)c3n2)n1. The molecule has 1 aliphatic heterocycles. The van der Waals surface area contributed by atoms with Crippen molar-refractivity contribution in [3.63, 3.8) is 0 Å². The van der Waals surface area contributed by atoms with Crippen LogP contribution in [0.25, 0.3) is 5.65 Å². The molecule has 2 unspecified atom stereocenters. The van der Waals surface area contributed by atoms with E-state index >= 15 is 0 Å². The molecule has 5 heterocycles. The maximum absolute atomic E-state index is 12.8. The van der Waals surface area contributed by atoms with Crippen molar-refractivity contribution >= 4 is 35.3 Å². The lowest BCUT2D eigenvalue weighted by atomic mass is 10.1. The molecular formula is C33H43N9O2. The maximum atomic E-state index is 12.8. The van der Waals surface area contributed by atoms with Crippen molar-refractivity contribution in [2.24, 2.45) is 17.8 Å². The van der Waals surface area contributed by atoms with Crippen LogP contribution >= 0.6 is 0 Å². The number of carbonyl (C=O) groups is 2. The van der Waals surface area contributed by atoms with E-state index in [9.17, 15) is 9.59 Å². The number of piperidine rings is 1. The summed E-state index contributed by atoms with van der Waals surface area (Å²) in [5.41, 5.74) is 4.90. The molecular weight excluding hydrogens is 554 g/mol. The van der Waals surface area contributed by atoms with Gasteiger partial charge in [-0.05, 0) is 68.6 Å². The third-order valence-electron chi connectivity index (χ3n) is 7.96. The highest BCUT2D eigenvalue weighted by atomic mass is 16.2. The van der Waals surface area contributed by atoms with Crippen LogP contribution in [0.4, 0.5) is 17.3 Å². The van der Waals surface area contributed by atoms with Crippen LogP contribution in [0.2, 0.25) is 0 Å². The molecule has 2 atom stereocenters. The molecule has 4 aromatic rings. The molecule has 3 saturated carbocycles. The number of carbonyl (C=O) groups excluding carboxylic acids is 2. The Kier molecular flexibility index (Phi) is 9.82. The van der Waals surface area contributed by atoms with Crippen LogP contribution in [0.15, 0.2) is 43.1 Å². The number of aromatic nitrogens is 6. The average molecular weight is 598 g/mol. The Bertz CT molecular complexity index is 1580. The number of aryl methyl sites for hydroxylation is 2. The predicted octanol–water partition coefficient (Wildman–Crippen LogP) is 5.70. The quantitative estimate of drug-likeness (QED) is 0.260. The summed E-state index contributed by atoms with van der Waals surface area (Å²) in [4.78, 5) is 46.4. The molecule has 0 bridgehead atoms. The van der Waals surface area contributed by atoms with Crippen molar-refractivity contribution in [3.05, 3.63) is 65.9 Å². The number of fused-ring (bicyclic) bond motifs is 2. The molecule has 4 aliphatic rings. The summed E-state index contributed by atoms with van der Waals surface area (Å²) < 4.78 is 2.06. The van der Waals surface area contributed by atoms with E-state index in [-0.39, 0.29) is 11.8 Å². The van der Waals surface area contributed by atoms with Gasteiger partial charge in [-0.25, -0.2) is 24.9 Å². The normalized spacial score (nSPS) is 19.4. The Morgan fingerprint density at radius 3 is 2.34 bits per heavy atom. The zero-order chi connectivity index (χ0) is 31.2. The van der Waals surface area contributed by atoms with E-state index in [1.54, 1.807) is 19.2 Å². The molecule has 3 aliphatic carbocycles. The predicted molar refractivity (Wildman–Crippen MR) is 171 cm³/mol. The van der Waals surface area contributed by atoms with Crippen molar-refractivity contribution in [2.45, 2.75) is 79.2 Å². The van der Waals surface area contributed by atoms with E-state index in [1.807, 2.05) is 37.9 Å². The maximum Gasteiger partial charge on any atom is 0.230 e. The van der Waals surface area contributed by atoms with Crippen LogP contribution in [0, 0.1) is 31.6 Å². The standard InChI is InChI=1S/C22H23N7O2.C5H6N2.C4H8.C2H6/c1-12-25-19(6-20(26-12)24-11-30)23-7-16-10-28-8-14(13-2-3-13)5-18(21(28)27-16)29-9-15-4-17(15)22(29)31;1-5-2-3-6-4-7-5;1-4-2-3-4;1-2/h5-6,8,10-11,13,15,17H,2-4,7,9H2,1H3,(H2,23,24,25,26,30);2-4H,1H3;4H,2-3H2,1H3;1-2H3. The van der Waals surface area contributed by atoms with Crippen LogP contribution in [0.5, 0.6) is 0 Å². The highest BCUT2D eigenvalue weighted by Crippen LogP contribution is 2.49. The largest absolute Gasteiger partial charge is 0.364 e. The van der Waals surface area contributed by atoms with Crippen molar-refractivity contribution in [1.82, 2.24) is 29.3 Å². The molecule has 2 amide bonds. The first-order valence-electron chi connectivity index (χ1n) is 15.7. The fourth-order valence-corrected chi connectivity index (χ4v) is 5.07. The van der Waals surface area contributed by atoms with Crippen LogP contribution in [0.1, 0.15) is 81.6 Å². The van der Waals surface area contributed by atoms with Gasteiger partial charge in [0, 0.05) is 42.8 Å². The van der Waals surface area contributed by atoms with Crippen LogP contribution in [0.3, 0.4) is 0 Å². The Hall–Kier alpha value is -4.41. The van der Waals surface area contributed by atoms with E-state index in [4.69, 9.17) is 4.98 Å². The van der Waals surface area contributed by atoms with Gasteiger partial charge < -0.3 is 19.9 Å². The molecule has 8 rings (SSSR count). The minimum Gasteiger partial charge on any atom is -0.364 e. The zero-order valence-corrected chi connectivity index (χ0v) is 26.3. The topological polar surface area (TPSA) is 130 Å². The zero-order valence-electron chi connectivity index (χ0n) is 26.3. The third kappa shape index (κ3) is 7.94. The number of hydrogen-bond acceptors (Lipinski definition) is 8. The number of anilines is 3. The molecule has 44 heavy (non-hydrogen) atoms. The average Bonchev–Trinajstić information content (AvgIpc) is 3.95. The summed E-state index contributed by atoms with van der Waals surface area (Å²) >= 11 is 0. The van der Waals surface area contributed by atoms with Gasteiger partial charge in [0.15, 0.2) is 5.65 Å². The summed E-state index contributed by atoms with van der Waals surface area (Å²) in [7, 11) is 0. The summed E-state index contributed by atoms with van der Waals surface area (Å²) in [5, 5.41) is 5.81. The molecule has 0 spiro atoms. The van der Waals surface area contributed by atoms with Gasteiger partial charge in [0.05, 0.1) is 17.9 Å². The van der Waals surface area contributed by atoms with Gasteiger partial charge in [0.25, 0.3) is 0 Å². The van der Waals surface area contributed by atoms with Gasteiger partial charge in [-0.2, -0.15) is 0 Å². The second-order valence-electron chi connectivity index (χ2n) is 11.8. The molecule has 11 heteroatoms. The minimum absolute atomic E-state index is 0.218. The van der Waals surface area contributed by atoms with Gasteiger partial charge >= 0.3 is 0 Å². The molecule has 11 nitrogen and oxygen atoms in total. The fraction of sp³-hybridized carbons (Fsp3) is 0.485. The van der Waals surface area contributed by atoms with Gasteiger partial charge in [-0.1, -0.05) is 33.6 Å². The molecule has 4 fully saturated rings. The molecule has 4 aromatic heterocycles. The summed E-state index contributed by atoms with van der Waals surface area (Å²) in [6.45, 7) is 11.3. The number of pyridine rings is 1. The van der Waals surface area contributed by atoms with Crippen LogP contribution in [-0.4, -0.2) is 48.2 Å². The van der Waals surface area contributed by atoms with Gasteiger partial charge in [0.2, 0.25) is 12.3 Å². The molecule has 2 N–H and O–H groups in total. The van der Waals surface area contributed by atoms with Crippen LogP contribution < -0.4 is 15.5 Å². The van der Waals surface area contributed by atoms with Gasteiger partial charge in [0.1, 0.15) is 23.8 Å². The summed E-state index contributed by atoms with van der Waals surface area (Å²) in [6, 6.07) is 5.72. The Morgan fingerprint density at radius 2 is 1.77 bits per heavy atom. The number of rotatable bonds is 7. The fourth-order valence-electron chi connectivity index (χ4n) is 5.07. The van der Waals surface area contributed by atoms with E-state index in [0.29, 0.717) is 42.3 Å². The Morgan fingerprint density at radius 1 is 1.02 bits per heavy atom. The van der Waals surface area contributed by atoms with E-state index in [1.165, 1.54) is 37.6 Å². The lowest BCUT2D eigenvalue weighted by Gasteiger charge is -2.20. The smallest absolute Gasteiger partial charge is 0.230 e. The highest BCUT2D eigenvalue weighted by Gasteiger charge is 2.53. The second kappa shape index (κ2) is 13.9. The lowest BCUT2D eigenvalue weighted by molar-refractivity contribution is -0.118. The monoisotopic (exact) mass is 597 g/mol. The highest BCUT2D eigenvalue weighted by molar-refractivity contribution is 6.02. The van der Waals surface area contributed by atoms with Crippen molar-refractivity contribution in [1.29, 1.82) is 0 Å². The number of imidazole rings is 1. The number of nitrogens with zero attached hydrogens (tertiary/aromatic N) is 7. The molecule has 0 aromatic carbocycles. The minimum atomic E-state index is 0.218. The second-order valence-corrected chi connectivity index (χ2v) is 11.8. The van der Waals surface area contributed by atoms with Crippen LogP contribution in [-0.2, 0) is 16.1 Å². The lowest BCUT2D eigenvalue weighted by Crippen LogP contribution is -2.28. The van der Waals surface area contributed by atoms with Gasteiger partial charge in [-0.15, -0.1) is 0 Å². The van der Waals surface area contributed by atoms with E-state index < -0.39 is 0 Å². The molecule has 232 valence electrons. The number of hydrogen-bond donors (Lipinski definition) is 2. The first-order valence-corrected chi connectivity index (χ1v) is 15.7. The van der Waals surface area contributed by atoms with E-state index in [2.05, 4.69) is 54.2 Å². The first-order chi connectivity index (χ1) is 21.4. The summed E-state index contributed by atoms with van der Waals surface area (Å²) in [6.07, 6.45) is 14.4. The molecule has 0 radical (unpaired) electrons. The third-order valence-corrected chi connectivity index (χ3v) is 7.96. The molecule has 1 saturated heterocycles. The van der Waals surface area contributed by atoms with Crippen molar-refractivity contribution in [2.75, 3.05) is 22.1 Å². The first kappa shape index (κ1) is 31.0. The Balaban J connectivity index is 0.000000247. The van der Waals surface area contributed by atoms with Crippen molar-refractivity contribution < 1.29 is 9.59 Å². The van der Waals surface area contributed by atoms with Gasteiger partial charge in [-0.3, -0.25) is 9.59 Å². The number of amides is 2. The summed E-state index contributed by atoms with van der Waals surface area (Å²) in [5.74, 6) is 4.28. The Labute approximate surface area is 259 Å². The number of nitrogens with one attached hydrogen (secondary N) is 2. The van der Waals surface area contributed by atoms with Crippen molar-refractivity contribution in [3.8, 4) is 0 Å².